The van der Waals surface area contributed by atoms with Gasteiger partial charge in [-0.1, -0.05) is 11.6 Å². The molecule has 1 aliphatic rings. The first-order valence-electron chi connectivity index (χ1n) is 5.80. The Morgan fingerprint density at radius 1 is 1.55 bits per heavy atom. The van der Waals surface area contributed by atoms with E-state index in [1.807, 2.05) is 6.07 Å². The molecule has 1 aliphatic heterocycles. The monoisotopic (exact) mass is 294 g/mol. The number of hydrogen-bond donors (Lipinski definition) is 1. The molecule has 1 fully saturated rings. The molecule has 1 N–H and O–H groups in total. The van der Waals surface area contributed by atoms with Crippen LogP contribution in [-0.2, 0) is 9.53 Å². The Kier molecular flexibility index (Phi) is 3.55. The highest BCUT2D eigenvalue weighted by molar-refractivity contribution is 6.33. The molecule has 1 heterocycles. The number of ether oxygens (including phenoxy) is 1. The lowest BCUT2D eigenvalue weighted by Gasteiger charge is -2.22. The highest BCUT2D eigenvalue weighted by atomic mass is 35.5. The third-order valence-corrected chi connectivity index (χ3v) is 3.68. The van der Waals surface area contributed by atoms with Gasteiger partial charge in [-0.3, -0.25) is 4.90 Å². The van der Waals surface area contributed by atoms with Crippen molar-refractivity contribution in [3.05, 3.63) is 28.3 Å². The molecular weight excluding hydrogens is 284 g/mol. The van der Waals surface area contributed by atoms with Crippen LogP contribution in [-0.4, -0.2) is 29.3 Å². The number of rotatable bonds is 2. The van der Waals surface area contributed by atoms with Crippen LogP contribution in [0, 0.1) is 18.3 Å². The van der Waals surface area contributed by atoms with Crippen LogP contribution in [0.4, 0.5) is 10.5 Å². The fraction of sp³-hybridized carbons (Fsp3) is 0.308. The Hall–Kier alpha value is -2.26. The predicted molar refractivity (Wildman–Crippen MR) is 70.7 cm³/mol. The number of nitrogens with zero attached hydrogens (tertiary/aromatic N) is 2. The van der Waals surface area contributed by atoms with Crippen molar-refractivity contribution in [1.29, 1.82) is 5.26 Å². The number of halogens is 1. The topological polar surface area (TPSA) is 90.6 Å². The normalized spacial score (nSPS) is 21.5. The van der Waals surface area contributed by atoms with Crippen LogP contribution < -0.4 is 4.90 Å². The van der Waals surface area contributed by atoms with Gasteiger partial charge in [0.15, 0.2) is 6.04 Å². The molecular formula is C13H11ClN2O4. The Bertz CT molecular complexity index is 638. The maximum Gasteiger partial charge on any atom is 0.415 e. The van der Waals surface area contributed by atoms with Gasteiger partial charge in [-0.25, -0.2) is 9.59 Å². The summed E-state index contributed by atoms with van der Waals surface area (Å²) >= 11 is 6.04. The minimum Gasteiger partial charge on any atom is -0.480 e. The zero-order valence-electron chi connectivity index (χ0n) is 10.8. The maximum atomic E-state index is 11.9. The van der Waals surface area contributed by atoms with Gasteiger partial charge >= 0.3 is 12.1 Å². The van der Waals surface area contributed by atoms with E-state index in [0.29, 0.717) is 11.3 Å². The molecule has 20 heavy (non-hydrogen) atoms. The van der Waals surface area contributed by atoms with Crippen molar-refractivity contribution in [2.45, 2.75) is 26.0 Å². The molecule has 2 atom stereocenters. The number of anilines is 1. The number of carboxylic acids is 1. The summed E-state index contributed by atoms with van der Waals surface area (Å²) < 4.78 is 4.95. The summed E-state index contributed by atoms with van der Waals surface area (Å²) in [5.74, 6) is -1.16. The van der Waals surface area contributed by atoms with E-state index in [-0.39, 0.29) is 10.6 Å². The molecule has 2 unspecified atom stereocenters. The standard InChI is InChI=1S/C13H11ClN2O4/c1-6-9(4-3-8(5-15)10(6)14)16-11(12(17)18)7(2)20-13(16)19/h3-4,7,11H,1-2H3,(H,17,18). The molecule has 1 amide bonds. The third kappa shape index (κ3) is 2.06. The van der Waals surface area contributed by atoms with E-state index in [0.717, 1.165) is 4.90 Å². The Morgan fingerprint density at radius 3 is 2.75 bits per heavy atom. The minimum atomic E-state index is -1.16. The van der Waals surface area contributed by atoms with Gasteiger partial charge in [0.2, 0.25) is 0 Å². The zero-order valence-corrected chi connectivity index (χ0v) is 11.5. The number of amides is 1. The number of hydrogen-bond acceptors (Lipinski definition) is 4. The number of nitriles is 1. The first kappa shape index (κ1) is 14.2. The van der Waals surface area contributed by atoms with Gasteiger partial charge < -0.3 is 9.84 Å². The highest BCUT2D eigenvalue weighted by Gasteiger charge is 2.45. The summed E-state index contributed by atoms with van der Waals surface area (Å²) in [6.45, 7) is 3.13. The van der Waals surface area contributed by atoms with Gasteiger partial charge in [0.05, 0.1) is 16.3 Å². The molecule has 0 saturated carbocycles. The van der Waals surface area contributed by atoms with Crippen LogP contribution in [0.1, 0.15) is 18.1 Å². The number of carboxylic acid groups (broad SMARTS) is 1. The summed E-state index contributed by atoms with van der Waals surface area (Å²) in [4.78, 5) is 24.2. The molecule has 1 saturated heterocycles. The van der Waals surface area contributed by atoms with Crippen LogP contribution in [0.3, 0.4) is 0 Å². The van der Waals surface area contributed by atoms with Crippen LogP contribution in [0.2, 0.25) is 5.02 Å². The molecule has 0 bridgehead atoms. The predicted octanol–water partition coefficient (Wildman–Crippen LogP) is 2.32. The molecule has 0 spiro atoms. The Labute approximate surface area is 120 Å². The maximum absolute atomic E-state index is 11.9. The SMILES string of the molecule is Cc1c(N2C(=O)OC(C)C2C(=O)O)ccc(C#N)c1Cl. The number of aliphatic carboxylic acids is 1. The number of benzene rings is 1. The number of cyclic esters (lactones) is 1. The zero-order chi connectivity index (χ0) is 15.0. The van der Waals surface area contributed by atoms with Gasteiger partial charge in [-0.05, 0) is 31.5 Å². The van der Waals surface area contributed by atoms with Crippen LogP contribution in [0.15, 0.2) is 12.1 Å². The molecule has 7 heteroatoms. The molecule has 6 nitrogen and oxygen atoms in total. The first-order valence-corrected chi connectivity index (χ1v) is 6.18. The lowest BCUT2D eigenvalue weighted by atomic mass is 10.1. The van der Waals surface area contributed by atoms with Crippen molar-refractivity contribution in [3.63, 3.8) is 0 Å². The molecule has 1 aromatic rings. The molecule has 0 aliphatic carbocycles. The van der Waals surface area contributed by atoms with E-state index in [9.17, 15) is 14.7 Å². The van der Waals surface area contributed by atoms with Crippen molar-refractivity contribution in [2.75, 3.05) is 4.90 Å². The number of carbonyl (C=O) groups excluding carboxylic acids is 1. The van der Waals surface area contributed by atoms with Gasteiger partial charge in [-0.15, -0.1) is 0 Å². The third-order valence-electron chi connectivity index (χ3n) is 3.20. The van der Waals surface area contributed by atoms with Crippen molar-refractivity contribution in [2.24, 2.45) is 0 Å². The van der Waals surface area contributed by atoms with Gasteiger partial charge in [-0.2, -0.15) is 5.26 Å². The second-order valence-electron chi connectivity index (χ2n) is 4.42. The van der Waals surface area contributed by atoms with Crippen LogP contribution in [0.5, 0.6) is 0 Å². The van der Waals surface area contributed by atoms with E-state index >= 15 is 0 Å². The summed E-state index contributed by atoms with van der Waals surface area (Å²) in [7, 11) is 0. The average Bonchev–Trinajstić information content (AvgIpc) is 2.67. The average molecular weight is 295 g/mol. The summed E-state index contributed by atoms with van der Waals surface area (Å²) in [6.07, 6.45) is -1.51. The van der Waals surface area contributed by atoms with Crippen molar-refractivity contribution < 1.29 is 19.4 Å². The quantitative estimate of drug-likeness (QED) is 0.904. The van der Waals surface area contributed by atoms with E-state index < -0.39 is 24.2 Å². The Balaban J connectivity index is 2.56. The second-order valence-corrected chi connectivity index (χ2v) is 4.80. The fourth-order valence-electron chi connectivity index (χ4n) is 2.19. The molecule has 0 aromatic heterocycles. The van der Waals surface area contributed by atoms with Crippen molar-refractivity contribution >= 4 is 29.4 Å². The van der Waals surface area contributed by atoms with Crippen molar-refractivity contribution in [3.8, 4) is 6.07 Å². The van der Waals surface area contributed by atoms with E-state index in [4.69, 9.17) is 21.6 Å². The van der Waals surface area contributed by atoms with Gasteiger partial charge in [0.1, 0.15) is 12.2 Å². The summed E-state index contributed by atoms with van der Waals surface area (Å²) in [5, 5.41) is 18.3. The first-order chi connectivity index (χ1) is 9.38. The lowest BCUT2D eigenvalue weighted by molar-refractivity contribution is -0.139. The fourth-order valence-corrected chi connectivity index (χ4v) is 2.39. The smallest absolute Gasteiger partial charge is 0.415 e. The highest BCUT2D eigenvalue weighted by Crippen LogP contribution is 2.34. The van der Waals surface area contributed by atoms with Crippen molar-refractivity contribution in [1.82, 2.24) is 0 Å². The lowest BCUT2D eigenvalue weighted by Crippen LogP contribution is -2.42. The largest absolute Gasteiger partial charge is 0.480 e. The Morgan fingerprint density at radius 2 is 2.20 bits per heavy atom. The van der Waals surface area contributed by atoms with Gasteiger partial charge in [0.25, 0.3) is 0 Å². The van der Waals surface area contributed by atoms with E-state index in [1.165, 1.54) is 19.1 Å². The summed E-state index contributed by atoms with van der Waals surface area (Å²) in [6, 6.07) is 3.74. The molecule has 1 aromatic carbocycles. The molecule has 0 radical (unpaired) electrons. The van der Waals surface area contributed by atoms with E-state index in [2.05, 4.69) is 0 Å². The van der Waals surface area contributed by atoms with Gasteiger partial charge in [0, 0.05) is 0 Å². The van der Waals surface area contributed by atoms with E-state index in [1.54, 1.807) is 6.92 Å². The molecule has 104 valence electrons. The second kappa shape index (κ2) is 5.02. The minimum absolute atomic E-state index is 0.196. The van der Waals surface area contributed by atoms with Crippen LogP contribution in [0.25, 0.3) is 0 Å². The van der Waals surface area contributed by atoms with Crippen LogP contribution >= 0.6 is 11.6 Å². The number of carbonyl (C=O) groups is 2. The molecule has 2 rings (SSSR count). The summed E-state index contributed by atoms with van der Waals surface area (Å²) in [5.41, 5.74) is 1.05.